The summed E-state index contributed by atoms with van der Waals surface area (Å²) in [5.74, 6) is -2.17. The van der Waals surface area contributed by atoms with Crippen molar-refractivity contribution in [2.75, 3.05) is 19.0 Å². The van der Waals surface area contributed by atoms with E-state index < -0.39 is 27.0 Å². The summed E-state index contributed by atoms with van der Waals surface area (Å²) < 4.78 is 70.2. The lowest BCUT2D eigenvalue weighted by molar-refractivity contribution is -0.385. The first-order valence-electron chi connectivity index (χ1n) is 10.7. The first-order chi connectivity index (χ1) is 16.4. The molecule has 194 valence electrons. The maximum absolute atomic E-state index is 12.3. The molecule has 11 nitrogen and oxygen atoms in total. The molecule has 0 saturated carbocycles. The number of carbonyl (C=O) groups excluding carboxylic acids is 1. The summed E-state index contributed by atoms with van der Waals surface area (Å²) >= 11 is 0. The number of halogens is 3. The molecule has 1 aromatic carbocycles. The van der Waals surface area contributed by atoms with Crippen LogP contribution in [-0.2, 0) is 21.4 Å². The van der Waals surface area contributed by atoms with Crippen molar-refractivity contribution in [3.8, 4) is 5.88 Å². The van der Waals surface area contributed by atoms with Gasteiger partial charge in [-0.25, -0.2) is 13.1 Å². The van der Waals surface area contributed by atoms with Crippen LogP contribution in [0, 0.1) is 10.1 Å². The fourth-order valence-electron chi connectivity index (χ4n) is 3.09. The highest BCUT2D eigenvalue weighted by Crippen LogP contribution is 2.24. The van der Waals surface area contributed by atoms with E-state index in [0.29, 0.717) is 13.0 Å². The zero-order valence-electron chi connectivity index (χ0n) is 18.9. The molecule has 2 aromatic rings. The number of aromatic nitrogens is 2. The lowest BCUT2D eigenvalue weighted by Crippen LogP contribution is -2.30. The Kier molecular flexibility index (Phi) is 10.0. The third-order valence-electron chi connectivity index (χ3n) is 4.89. The maximum atomic E-state index is 12.3. The number of nitrogens with zero attached hydrogens (tertiary/aromatic N) is 3. The number of hydrogen-bond donors (Lipinski definition) is 2. The summed E-state index contributed by atoms with van der Waals surface area (Å²) in [5.41, 5.74) is -0.352. The van der Waals surface area contributed by atoms with E-state index in [1.807, 2.05) is 0 Å². The number of aryl methyl sites for hydroxylation is 1. The number of hydrogen-bond acceptors (Lipinski definition) is 7. The number of carbonyl (C=O) groups is 1. The molecule has 15 heteroatoms. The van der Waals surface area contributed by atoms with Gasteiger partial charge in [0.15, 0.2) is 0 Å². The van der Waals surface area contributed by atoms with E-state index in [4.69, 9.17) is 4.74 Å². The largest absolute Gasteiger partial charge is 0.475 e. The van der Waals surface area contributed by atoms with Crippen molar-refractivity contribution >= 4 is 27.3 Å². The molecular weight excluding hydrogens is 495 g/mol. The number of alkyl halides is 3. The Balaban J connectivity index is 1.63. The minimum Gasteiger partial charge on any atom is -0.475 e. The van der Waals surface area contributed by atoms with Crippen LogP contribution in [0.2, 0.25) is 0 Å². The minimum absolute atomic E-state index is 0.0263. The summed E-state index contributed by atoms with van der Waals surface area (Å²) in [7, 11) is -2.51. The van der Waals surface area contributed by atoms with Crippen molar-refractivity contribution in [1.82, 2.24) is 14.5 Å². The Morgan fingerprint density at radius 2 is 1.71 bits per heavy atom. The number of unbranched alkanes of at least 4 members (excludes halogenated alkanes) is 5. The molecule has 0 unspecified atom stereocenters. The van der Waals surface area contributed by atoms with Crippen LogP contribution in [0.3, 0.4) is 0 Å². The van der Waals surface area contributed by atoms with Crippen molar-refractivity contribution in [3.05, 3.63) is 40.6 Å². The van der Waals surface area contributed by atoms with E-state index in [1.54, 1.807) is 5.32 Å². The van der Waals surface area contributed by atoms with Crippen LogP contribution in [0.1, 0.15) is 38.5 Å². The third kappa shape index (κ3) is 8.83. The lowest BCUT2D eigenvalue weighted by atomic mass is 10.1. The van der Waals surface area contributed by atoms with Crippen LogP contribution in [0.25, 0.3) is 0 Å². The predicted molar refractivity (Wildman–Crippen MR) is 119 cm³/mol. The van der Waals surface area contributed by atoms with Gasteiger partial charge < -0.3 is 10.1 Å². The Morgan fingerprint density at radius 1 is 1.11 bits per heavy atom. The van der Waals surface area contributed by atoms with E-state index in [0.717, 1.165) is 56.4 Å². The van der Waals surface area contributed by atoms with Crippen LogP contribution in [0.4, 0.5) is 24.5 Å². The normalized spacial score (nSPS) is 11.9. The molecule has 0 aliphatic rings. The maximum Gasteiger partial charge on any atom is 0.471 e. The molecule has 2 rings (SSSR count). The van der Waals surface area contributed by atoms with Crippen LogP contribution >= 0.6 is 0 Å². The number of nitro groups is 1. The van der Waals surface area contributed by atoms with E-state index in [9.17, 15) is 36.5 Å². The second kappa shape index (κ2) is 12.5. The first kappa shape index (κ1) is 28.0. The van der Waals surface area contributed by atoms with Crippen LogP contribution < -0.4 is 14.8 Å². The fraction of sp³-hybridized carbons (Fsp3) is 0.500. The number of benzene rings is 1. The van der Waals surface area contributed by atoms with Crippen molar-refractivity contribution in [2.45, 2.75) is 56.1 Å². The Morgan fingerprint density at radius 3 is 2.26 bits per heavy atom. The van der Waals surface area contributed by atoms with Gasteiger partial charge in [0.1, 0.15) is 6.20 Å². The van der Waals surface area contributed by atoms with Gasteiger partial charge in [-0.2, -0.15) is 13.2 Å². The number of ether oxygens (including phenoxy) is 1. The second-order valence-corrected chi connectivity index (χ2v) is 9.31. The average molecular weight is 522 g/mol. The van der Waals surface area contributed by atoms with Crippen molar-refractivity contribution < 1.29 is 36.0 Å². The summed E-state index contributed by atoms with van der Waals surface area (Å²) in [6.07, 6.45) is 1.09. The molecule has 35 heavy (non-hydrogen) atoms. The Labute approximate surface area is 199 Å². The Hall–Kier alpha value is -3.20. The van der Waals surface area contributed by atoms with Gasteiger partial charge in [-0.15, -0.1) is 5.10 Å². The SMILES string of the molecule is COc1nn(CCCCCCCCNS(=O)(=O)c2ccc(NC(=O)C(F)(F)F)cc2)cc1[N+](=O)[O-]. The van der Waals surface area contributed by atoms with Gasteiger partial charge in [0.05, 0.1) is 16.9 Å². The van der Waals surface area contributed by atoms with Gasteiger partial charge in [-0.1, -0.05) is 25.7 Å². The molecule has 1 amide bonds. The number of anilines is 1. The van der Waals surface area contributed by atoms with Gasteiger partial charge in [-0.3, -0.25) is 19.6 Å². The zero-order chi connectivity index (χ0) is 26.1. The molecule has 0 bridgehead atoms. The van der Waals surface area contributed by atoms with Crippen LogP contribution in [-0.4, -0.2) is 48.9 Å². The summed E-state index contributed by atoms with van der Waals surface area (Å²) in [6, 6.07) is 4.38. The standard InChI is InChI=1S/C20H26F3N5O6S/c1-34-18-17(28(30)31)14-27(26-18)13-7-5-3-2-4-6-12-24-35(32,33)16-10-8-15(9-11-16)25-19(29)20(21,22)23/h8-11,14,24H,2-7,12-13H2,1H3,(H,25,29). The molecule has 0 fully saturated rings. The lowest BCUT2D eigenvalue weighted by Gasteiger charge is -2.10. The van der Waals surface area contributed by atoms with Crippen molar-refractivity contribution in [2.24, 2.45) is 0 Å². The van der Waals surface area contributed by atoms with Gasteiger partial charge in [0.2, 0.25) is 10.0 Å². The average Bonchev–Trinajstić information content (AvgIpc) is 3.21. The van der Waals surface area contributed by atoms with Crippen LogP contribution in [0.5, 0.6) is 5.88 Å². The monoisotopic (exact) mass is 521 g/mol. The van der Waals surface area contributed by atoms with Crippen molar-refractivity contribution in [3.63, 3.8) is 0 Å². The molecular formula is C20H26F3N5O6S. The Bertz CT molecular complexity index is 1100. The third-order valence-corrected chi connectivity index (χ3v) is 6.36. The summed E-state index contributed by atoms with van der Waals surface area (Å²) in [4.78, 5) is 21.1. The van der Waals surface area contributed by atoms with Gasteiger partial charge >= 0.3 is 23.7 Å². The topological polar surface area (TPSA) is 145 Å². The molecule has 2 N–H and O–H groups in total. The predicted octanol–water partition coefficient (Wildman–Crippen LogP) is 3.62. The quantitative estimate of drug-likeness (QED) is 0.219. The van der Waals surface area contributed by atoms with Gasteiger partial charge in [0.25, 0.3) is 0 Å². The molecule has 0 saturated heterocycles. The van der Waals surface area contributed by atoms with E-state index in [-0.39, 0.29) is 28.7 Å². The second-order valence-electron chi connectivity index (χ2n) is 7.54. The highest BCUT2D eigenvalue weighted by Gasteiger charge is 2.38. The minimum atomic E-state index is -5.04. The first-order valence-corrected chi connectivity index (χ1v) is 12.2. The van der Waals surface area contributed by atoms with Crippen LogP contribution in [0.15, 0.2) is 35.4 Å². The zero-order valence-corrected chi connectivity index (χ0v) is 19.7. The van der Waals surface area contributed by atoms with Crippen molar-refractivity contribution in [1.29, 1.82) is 0 Å². The molecule has 1 aromatic heterocycles. The molecule has 0 atom stereocenters. The van der Waals surface area contributed by atoms with E-state index >= 15 is 0 Å². The van der Waals surface area contributed by atoms with Gasteiger partial charge in [0, 0.05) is 18.8 Å². The number of rotatable bonds is 14. The number of methoxy groups -OCH3 is 1. The summed E-state index contributed by atoms with van der Waals surface area (Å²) in [6.45, 7) is 0.717. The molecule has 0 aliphatic heterocycles. The number of amides is 1. The molecule has 1 heterocycles. The highest BCUT2D eigenvalue weighted by atomic mass is 32.2. The molecule has 0 radical (unpaired) electrons. The molecule has 0 spiro atoms. The smallest absolute Gasteiger partial charge is 0.471 e. The number of sulfonamides is 1. The van der Waals surface area contributed by atoms with E-state index in [1.165, 1.54) is 18.0 Å². The van der Waals surface area contributed by atoms with Gasteiger partial charge in [-0.05, 0) is 37.1 Å². The molecule has 0 aliphatic carbocycles. The fourth-order valence-corrected chi connectivity index (χ4v) is 4.17. The number of nitrogens with one attached hydrogen (secondary N) is 2. The summed E-state index contributed by atoms with van der Waals surface area (Å²) in [5, 5.41) is 16.5. The van der Waals surface area contributed by atoms with E-state index in [2.05, 4.69) is 9.82 Å². The highest BCUT2D eigenvalue weighted by molar-refractivity contribution is 7.89.